The number of nitrogens with zero attached hydrogens (tertiary/aromatic N) is 2. The van der Waals surface area contributed by atoms with Gasteiger partial charge < -0.3 is 11.1 Å². The fourth-order valence-electron chi connectivity index (χ4n) is 1.28. The summed E-state index contributed by atoms with van der Waals surface area (Å²) >= 11 is 3.40. The van der Waals surface area contributed by atoms with Gasteiger partial charge >= 0.3 is 0 Å². The molecule has 0 saturated carbocycles. The molecule has 4 nitrogen and oxygen atoms in total. The number of benzene rings is 1. The average molecular weight is 297 g/mol. The third-order valence-electron chi connectivity index (χ3n) is 2.20. The molecule has 0 spiro atoms. The highest BCUT2D eigenvalue weighted by Gasteiger charge is 2.06. The number of nitrogen functional groups attached to an aromatic ring is 1. The van der Waals surface area contributed by atoms with Gasteiger partial charge in [-0.2, -0.15) is 4.98 Å². The minimum absolute atomic E-state index is 0.0278. The Morgan fingerprint density at radius 1 is 1.41 bits per heavy atom. The maximum atomic E-state index is 13.4. The minimum Gasteiger partial charge on any atom is -0.368 e. The topological polar surface area (TPSA) is 63.8 Å². The Morgan fingerprint density at radius 2 is 2.18 bits per heavy atom. The van der Waals surface area contributed by atoms with Crippen molar-refractivity contribution in [2.75, 3.05) is 11.1 Å². The van der Waals surface area contributed by atoms with Gasteiger partial charge in [-0.1, -0.05) is 22.0 Å². The second-order valence-electron chi connectivity index (χ2n) is 3.51. The number of nitrogens with two attached hydrogens (primary N) is 1. The molecule has 0 unspecified atom stereocenters. The van der Waals surface area contributed by atoms with E-state index in [0.717, 1.165) is 21.9 Å². The molecule has 0 amide bonds. The standard InChI is InChI=1S/C11H10BrFN4/c1-6-2-3-7(4-8(6)12)16-10-9(13)5-15-11(14)17-10/h2-5H,1H3,(H3,14,15,16,17). The average Bonchev–Trinajstić information content (AvgIpc) is 2.29. The van der Waals surface area contributed by atoms with Crippen LogP contribution in [-0.2, 0) is 0 Å². The summed E-state index contributed by atoms with van der Waals surface area (Å²) < 4.78 is 14.3. The van der Waals surface area contributed by atoms with Crippen LogP contribution >= 0.6 is 15.9 Å². The summed E-state index contributed by atoms with van der Waals surface area (Å²) in [6.45, 7) is 1.97. The first-order valence-electron chi connectivity index (χ1n) is 4.87. The molecule has 0 saturated heterocycles. The van der Waals surface area contributed by atoms with E-state index in [1.54, 1.807) is 0 Å². The maximum Gasteiger partial charge on any atom is 0.222 e. The van der Waals surface area contributed by atoms with Crippen LogP contribution in [0.4, 0.5) is 21.8 Å². The lowest BCUT2D eigenvalue weighted by molar-refractivity contribution is 0.620. The Morgan fingerprint density at radius 3 is 2.88 bits per heavy atom. The molecule has 0 radical (unpaired) electrons. The smallest absolute Gasteiger partial charge is 0.222 e. The summed E-state index contributed by atoms with van der Waals surface area (Å²) in [6, 6.07) is 5.58. The highest BCUT2D eigenvalue weighted by molar-refractivity contribution is 9.10. The summed E-state index contributed by atoms with van der Waals surface area (Å²) in [4.78, 5) is 7.34. The highest BCUT2D eigenvalue weighted by atomic mass is 79.9. The van der Waals surface area contributed by atoms with Gasteiger partial charge in [-0.25, -0.2) is 9.37 Å². The quantitative estimate of drug-likeness (QED) is 0.894. The number of halogens is 2. The van der Waals surface area contributed by atoms with Crippen molar-refractivity contribution in [1.82, 2.24) is 9.97 Å². The number of rotatable bonds is 2. The molecule has 17 heavy (non-hydrogen) atoms. The van der Waals surface area contributed by atoms with Gasteiger partial charge in [-0.05, 0) is 24.6 Å². The van der Waals surface area contributed by atoms with E-state index < -0.39 is 5.82 Å². The van der Waals surface area contributed by atoms with E-state index in [-0.39, 0.29) is 11.8 Å². The van der Waals surface area contributed by atoms with Crippen LogP contribution in [0.1, 0.15) is 5.56 Å². The first kappa shape index (κ1) is 11.8. The van der Waals surface area contributed by atoms with E-state index in [0.29, 0.717) is 0 Å². The SMILES string of the molecule is Cc1ccc(Nc2nc(N)ncc2F)cc1Br. The van der Waals surface area contributed by atoms with Gasteiger partial charge in [0.2, 0.25) is 5.95 Å². The van der Waals surface area contributed by atoms with Crippen molar-refractivity contribution in [2.45, 2.75) is 6.92 Å². The molecule has 1 aromatic carbocycles. The number of aromatic nitrogens is 2. The fourth-order valence-corrected chi connectivity index (χ4v) is 1.65. The van der Waals surface area contributed by atoms with E-state index in [1.165, 1.54) is 0 Å². The largest absolute Gasteiger partial charge is 0.368 e. The van der Waals surface area contributed by atoms with Crippen LogP contribution in [0.15, 0.2) is 28.9 Å². The van der Waals surface area contributed by atoms with Gasteiger partial charge in [0.25, 0.3) is 0 Å². The van der Waals surface area contributed by atoms with E-state index in [4.69, 9.17) is 5.73 Å². The first-order chi connectivity index (χ1) is 8.06. The van der Waals surface area contributed by atoms with E-state index in [2.05, 4.69) is 31.2 Å². The van der Waals surface area contributed by atoms with Crippen LogP contribution in [0, 0.1) is 12.7 Å². The van der Waals surface area contributed by atoms with Gasteiger partial charge in [0.05, 0.1) is 6.20 Å². The molecular formula is C11H10BrFN4. The van der Waals surface area contributed by atoms with Gasteiger partial charge in [0, 0.05) is 10.2 Å². The number of hydrogen-bond donors (Lipinski definition) is 2. The lowest BCUT2D eigenvalue weighted by atomic mass is 10.2. The second kappa shape index (κ2) is 4.67. The van der Waals surface area contributed by atoms with Crippen molar-refractivity contribution in [3.8, 4) is 0 Å². The predicted octanol–water partition coefficient (Wildman–Crippen LogP) is 3.01. The van der Waals surface area contributed by atoms with E-state index in [9.17, 15) is 4.39 Å². The maximum absolute atomic E-state index is 13.4. The van der Waals surface area contributed by atoms with Crippen molar-refractivity contribution in [3.63, 3.8) is 0 Å². The highest BCUT2D eigenvalue weighted by Crippen LogP contribution is 2.23. The van der Waals surface area contributed by atoms with Crippen LogP contribution in [0.5, 0.6) is 0 Å². The summed E-state index contributed by atoms with van der Waals surface area (Å²) in [5, 5.41) is 2.84. The Kier molecular flexibility index (Phi) is 3.23. The van der Waals surface area contributed by atoms with Crippen molar-refractivity contribution in [2.24, 2.45) is 0 Å². The zero-order chi connectivity index (χ0) is 12.4. The molecule has 0 aliphatic rings. The Balaban J connectivity index is 2.31. The van der Waals surface area contributed by atoms with Gasteiger partial charge in [0.15, 0.2) is 11.6 Å². The summed E-state index contributed by atoms with van der Waals surface area (Å²) in [5.74, 6) is -0.454. The normalized spacial score (nSPS) is 10.3. The van der Waals surface area contributed by atoms with Crippen molar-refractivity contribution >= 4 is 33.4 Å². The summed E-state index contributed by atoms with van der Waals surface area (Å²) in [6.07, 6.45) is 1.04. The predicted molar refractivity (Wildman–Crippen MR) is 68.6 cm³/mol. The Bertz CT molecular complexity index is 559. The molecule has 0 atom stereocenters. The van der Waals surface area contributed by atoms with Crippen LogP contribution < -0.4 is 11.1 Å². The Hall–Kier alpha value is -1.69. The minimum atomic E-state index is -0.545. The summed E-state index contributed by atoms with van der Waals surface area (Å²) in [7, 11) is 0. The second-order valence-corrected chi connectivity index (χ2v) is 4.37. The molecule has 2 aromatic rings. The van der Waals surface area contributed by atoms with Gasteiger partial charge in [0.1, 0.15) is 0 Å². The van der Waals surface area contributed by atoms with Crippen LogP contribution in [0.25, 0.3) is 0 Å². The van der Waals surface area contributed by atoms with Crippen molar-refractivity contribution in [3.05, 3.63) is 40.2 Å². The molecule has 0 bridgehead atoms. The lowest BCUT2D eigenvalue weighted by Crippen LogP contribution is -2.02. The van der Waals surface area contributed by atoms with Gasteiger partial charge in [-0.3, -0.25) is 0 Å². The van der Waals surface area contributed by atoms with Crippen LogP contribution in [0.3, 0.4) is 0 Å². The first-order valence-corrected chi connectivity index (χ1v) is 5.67. The van der Waals surface area contributed by atoms with Crippen molar-refractivity contribution in [1.29, 1.82) is 0 Å². The molecule has 0 aliphatic carbocycles. The molecule has 1 aromatic heterocycles. The zero-order valence-corrected chi connectivity index (χ0v) is 10.6. The molecule has 3 N–H and O–H groups in total. The molecule has 1 heterocycles. The van der Waals surface area contributed by atoms with Crippen LogP contribution in [-0.4, -0.2) is 9.97 Å². The zero-order valence-electron chi connectivity index (χ0n) is 9.04. The lowest BCUT2D eigenvalue weighted by Gasteiger charge is -2.08. The summed E-state index contributed by atoms with van der Waals surface area (Å²) in [5.41, 5.74) is 7.21. The molecule has 0 fully saturated rings. The van der Waals surface area contributed by atoms with E-state index in [1.807, 2.05) is 25.1 Å². The third-order valence-corrected chi connectivity index (χ3v) is 3.05. The third kappa shape index (κ3) is 2.71. The number of nitrogens with one attached hydrogen (secondary N) is 1. The molecular weight excluding hydrogens is 287 g/mol. The van der Waals surface area contributed by atoms with Crippen LogP contribution in [0.2, 0.25) is 0 Å². The monoisotopic (exact) mass is 296 g/mol. The van der Waals surface area contributed by atoms with Gasteiger partial charge in [-0.15, -0.1) is 0 Å². The Labute approximate surface area is 106 Å². The number of aryl methyl sites for hydroxylation is 1. The molecule has 0 aliphatic heterocycles. The fraction of sp³-hybridized carbons (Fsp3) is 0.0909. The van der Waals surface area contributed by atoms with E-state index >= 15 is 0 Å². The molecule has 88 valence electrons. The van der Waals surface area contributed by atoms with Crippen molar-refractivity contribution < 1.29 is 4.39 Å². The molecule has 6 heteroatoms. The molecule has 2 rings (SSSR count). The number of hydrogen-bond acceptors (Lipinski definition) is 4. The number of anilines is 3.